The highest BCUT2D eigenvalue weighted by Gasteiger charge is 2.34. The van der Waals surface area contributed by atoms with Gasteiger partial charge in [-0.05, 0) is 25.5 Å². The van der Waals surface area contributed by atoms with Gasteiger partial charge >= 0.3 is 0 Å². The van der Waals surface area contributed by atoms with Gasteiger partial charge in [0, 0.05) is 0 Å². The SMILES string of the molecule is CCc1nnc(NC(=O)[C@@H]2Oc3ccccc3O[C@@H]2C)s1. The van der Waals surface area contributed by atoms with Crippen LogP contribution in [0, 0.1) is 0 Å². The van der Waals surface area contributed by atoms with Crippen LogP contribution in [0.3, 0.4) is 0 Å². The second-order valence-corrected chi connectivity index (χ2v) is 5.71. The fraction of sp³-hybridized carbons (Fsp3) is 0.357. The number of aromatic nitrogens is 2. The molecule has 3 rings (SSSR count). The number of aryl methyl sites for hydroxylation is 1. The van der Waals surface area contributed by atoms with Crippen molar-refractivity contribution in [3.63, 3.8) is 0 Å². The Morgan fingerprint density at radius 2 is 2.00 bits per heavy atom. The number of hydrogen-bond donors (Lipinski definition) is 1. The Balaban J connectivity index is 1.73. The van der Waals surface area contributed by atoms with Crippen LogP contribution in [0.4, 0.5) is 5.13 Å². The van der Waals surface area contributed by atoms with Gasteiger partial charge in [-0.2, -0.15) is 0 Å². The predicted molar refractivity (Wildman–Crippen MR) is 78.9 cm³/mol. The lowest BCUT2D eigenvalue weighted by Crippen LogP contribution is -2.46. The molecule has 0 bridgehead atoms. The van der Waals surface area contributed by atoms with E-state index in [1.54, 1.807) is 13.0 Å². The van der Waals surface area contributed by atoms with Crippen LogP contribution < -0.4 is 14.8 Å². The second kappa shape index (κ2) is 5.69. The summed E-state index contributed by atoms with van der Waals surface area (Å²) in [6.07, 6.45) is -0.298. The van der Waals surface area contributed by atoms with E-state index in [-0.39, 0.29) is 12.0 Å². The molecule has 0 fully saturated rings. The molecule has 0 saturated heterocycles. The molecule has 1 aromatic heterocycles. The van der Waals surface area contributed by atoms with Crippen LogP contribution in [0.25, 0.3) is 0 Å². The van der Waals surface area contributed by atoms with Crippen LogP contribution in [0.5, 0.6) is 11.5 Å². The minimum Gasteiger partial charge on any atom is -0.482 e. The Bertz CT molecular complexity index is 658. The minimum absolute atomic E-state index is 0.282. The average molecular weight is 305 g/mol. The Kier molecular flexibility index (Phi) is 3.74. The summed E-state index contributed by atoms with van der Waals surface area (Å²) in [4.78, 5) is 12.3. The van der Waals surface area contributed by atoms with Crippen LogP contribution in [0.15, 0.2) is 24.3 Å². The number of nitrogens with zero attached hydrogens (tertiary/aromatic N) is 2. The second-order valence-electron chi connectivity index (χ2n) is 4.65. The lowest BCUT2D eigenvalue weighted by atomic mass is 10.1. The highest BCUT2D eigenvalue weighted by Crippen LogP contribution is 2.33. The van der Waals surface area contributed by atoms with Gasteiger partial charge in [-0.1, -0.05) is 30.4 Å². The Labute approximate surface area is 126 Å². The van der Waals surface area contributed by atoms with Crippen molar-refractivity contribution in [2.45, 2.75) is 32.5 Å². The third kappa shape index (κ3) is 2.82. The van der Waals surface area contributed by atoms with Gasteiger partial charge in [0.05, 0.1) is 0 Å². The highest BCUT2D eigenvalue weighted by molar-refractivity contribution is 7.15. The predicted octanol–water partition coefficient (Wildman–Crippen LogP) is 2.27. The number of carbonyl (C=O) groups is 1. The van der Waals surface area contributed by atoms with E-state index in [0.717, 1.165) is 11.4 Å². The van der Waals surface area contributed by atoms with Gasteiger partial charge in [-0.3, -0.25) is 10.1 Å². The number of para-hydroxylation sites is 2. The molecular formula is C14H15N3O3S. The summed E-state index contributed by atoms with van der Waals surface area (Å²) in [5, 5.41) is 12.0. The molecular weight excluding hydrogens is 290 g/mol. The van der Waals surface area contributed by atoms with E-state index in [1.807, 2.05) is 25.1 Å². The maximum Gasteiger partial charge on any atom is 0.271 e. The first-order valence-corrected chi connectivity index (χ1v) is 7.54. The highest BCUT2D eigenvalue weighted by atomic mass is 32.1. The lowest BCUT2D eigenvalue weighted by molar-refractivity contribution is -0.128. The third-order valence-corrected chi connectivity index (χ3v) is 4.08. The third-order valence-electron chi connectivity index (χ3n) is 3.10. The maximum atomic E-state index is 12.3. The Hall–Kier alpha value is -2.15. The summed E-state index contributed by atoms with van der Waals surface area (Å²) in [5.41, 5.74) is 0. The van der Waals surface area contributed by atoms with E-state index in [0.29, 0.717) is 16.6 Å². The number of ether oxygens (including phenoxy) is 2. The van der Waals surface area contributed by atoms with Gasteiger partial charge in [0.2, 0.25) is 11.2 Å². The van der Waals surface area contributed by atoms with Crippen molar-refractivity contribution in [3.05, 3.63) is 29.3 Å². The normalized spacial score (nSPS) is 20.1. The largest absolute Gasteiger partial charge is 0.482 e. The zero-order valence-electron chi connectivity index (χ0n) is 11.7. The monoisotopic (exact) mass is 305 g/mol. The number of anilines is 1. The molecule has 2 atom stereocenters. The van der Waals surface area contributed by atoms with Gasteiger partial charge in [0.1, 0.15) is 11.1 Å². The summed E-state index contributed by atoms with van der Waals surface area (Å²) in [7, 11) is 0. The minimum atomic E-state index is -0.714. The van der Waals surface area contributed by atoms with E-state index in [1.165, 1.54) is 11.3 Å². The molecule has 0 unspecified atom stereocenters. The summed E-state index contributed by atoms with van der Waals surface area (Å²) in [6.45, 7) is 3.79. The summed E-state index contributed by atoms with van der Waals surface area (Å²) in [6, 6.07) is 7.30. The lowest BCUT2D eigenvalue weighted by Gasteiger charge is -2.30. The fourth-order valence-electron chi connectivity index (χ4n) is 2.03. The zero-order valence-corrected chi connectivity index (χ0v) is 12.5. The van der Waals surface area contributed by atoms with Gasteiger partial charge in [0.25, 0.3) is 5.91 Å². The van der Waals surface area contributed by atoms with Gasteiger partial charge in [0.15, 0.2) is 11.5 Å². The number of nitrogens with one attached hydrogen (secondary N) is 1. The summed E-state index contributed by atoms with van der Waals surface area (Å²) >= 11 is 1.36. The van der Waals surface area contributed by atoms with Gasteiger partial charge < -0.3 is 9.47 Å². The molecule has 6 nitrogen and oxygen atoms in total. The number of amides is 1. The number of fused-ring (bicyclic) bond motifs is 1. The molecule has 0 saturated carbocycles. The molecule has 1 aliphatic rings. The molecule has 0 aliphatic carbocycles. The summed E-state index contributed by atoms with van der Waals surface area (Å²) in [5.74, 6) is 0.941. The van der Waals surface area contributed by atoms with Crippen LogP contribution in [-0.4, -0.2) is 28.3 Å². The molecule has 1 N–H and O–H groups in total. The Morgan fingerprint density at radius 1 is 1.29 bits per heavy atom. The number of benzene rings is 1. The quantitative estimate of drug-likeness (QED) is 0.941. The van der Waals surface area contributed by atoms with Gasteiger partial charge in [-0.15, -0.1) is 10.2 Å². The molecule has 7 heteroatoms. The van der Waals surface area contributed by atoms with Crippen molar-refractivity contribution in [2.75, 3.05) is 5.32 Å². The number of rotatable bonds is 3. The van der Waals surface area contributed by atoms with E-state index in [4.69, 9.17) is 9.47 Å². The molecule has 0 radical (unpaired) electrons. The zero-order chi connectivity index (χ0) is 14.8. The van der Waals surface area contributed by atoms with Crippen molar-refractivity contribution in [1.82, 2.24) is 10.2 Å². The molecule has 1 aliphatic heterocycles. The van der Waals surface area contributed by atoms with Crippen molar-refractivity contribution in [3.8, 4) is 11.5 Å². The first-order chi connectivity index (χ1) is 10.2. The van der Waals surface area contributed by atoms with Crippen molar-refractivity contribution in [2.24, 2.45) is 0 Å². The Morgan fingerprint density at radius 3 is 2.67 bits per heavy atom. The van der Waals surface area contributed by atoms with E-state index in [9.17, 15) is 4.79 Å². The number of carbonyl (C=O) groups excluding carboxylic acids is 1. The van der Waals surface area contributed by atoms with Crippen LogP contribution >= 0.6 is 11.3 Å². The van der Waals surface area contributed by atoms with Crippen molar-refractivity contribution in [1.29, 1.82) is 0 Å². The molecule has 2 heterocycles. The standard InChI is InChI=1S/C14H15N3O3S/c1-3-11-16-17-14(21-11)15-13(18)12-8(2)19-9-6-4-5-7-10(9)20-12/h4-8,12H,3H2,1-2H3,(H,15,17,18)/t8-,12-/m1/s1. The molecule has 2 aromatic rings. The van der Waals surface area contributed by atoms with Gasteiger partial charge in [-0.25, -0.2) is 0 Å². The number of hydrogen-bond acceptors (Lipinski definition) is 6. The van der Waals surface area contributed by atoms with E-state index >= 15 is 0 Å². The fourth-order valence-corrected chi connectivity index (χ4v) is 2.71. The first-order valence-electron chi connectivity index (χ1n) is 6.73. The van der Waals surface area contributed by atoms with Crippen LogP contribution in [-0.2, 0) is 11.2 Å². The van der Waals surface area contributed by atoms with Crippen LogP contribution in [0.2, 0.25) is 0 Å². The molecule has 21 heavy (non-hydrogen) atoms. The molecule has 0 spiro atoms. The topological polar surface area (TPSA) is 73.3 Å². The molecule has 1 amide bonds. The average Bonchev–Trinajstić information content (AvgIpc) is 2.94. The van der Waals surface area contributed by atoms with Crippen LogP contribution in [0.1, 0.15) is 18.9 Å². The molecule has 1 aromatic carbocycles. The first kappa shape index (κ1) is 13.8. The smallest absolute Gasteiger partial charge is 0.271 e. The van der Waals surface area contributed by atoms with Crippen molar-refractivity contribution >= 4 is 22.4 Å². The van der Waals surface area contributed by atoms with E-state index < -0.39 is 6.10 Å². The summed E-state index contributed by atoms with van der Waals surface area (Å²) < 4.78 is 11.4. The molecule has 110 valence electrons. The van der Waals surface area contributed by atoms with Crippen molar-refractivity contribution < 1.29 is 14.3 Å². The maximum absolute atomic E-state index is 12.3. The van der Waals surface area contributed by atoms with E-state index in [2.05, 4.69) is 15.5 Å².